The number of para-hydroxylation sites is 2. The fraction of sp³-hybridized carbons (Fsp3) is 0.278. The molecule has 0 bridgehead atoms. The standard InChI is InChI=1S/C18H23N5O4.HI/c1-26-16-8-7-13(11-17(16)27-2)12-22-18(19)21-10-9-20-14-5-3-4-6-15(14)23(24)25;/h3-8,11,20H,9-10,12H2,1-2H3,(H3,19,21,22);1H. The summed E-state index contributed by atoms with van der Waals surface area (Å²) >= 11 is 0. The van der Waals surface area contributed by atoms with Crippen molar-refractivity contribution in [2.24, 2.45) is 10.7 Å². The predicted molar refractivity (Wildman–Crippen MR) is 120 cm³/mol. The van der Waals surface area contributed by atoms with E-state index in [1.165, 1.54) is 6.07 Å². The summed E-state index contributed by atoms with van der Waals surface area (Å²) in [7, 11) is 3.15. The van der Waals surface area contributed by atoms with Crippen LogP contribution in [0.15, 0.2) is 47.5 Å². The zero-order valence-corrected chi connectivity index (χ0v) is 18.0. The summed E-state index contributed by atoms with van der Waals surface area (Å²) in [6, 6.07) is 12.0. The summed E-state index contributed by atoms with van der Waals surface area (Å²) in [6.07, 6.45) is 0. The first-order valence-corrected chi connectivity index (χ1v) is 8.27. The van der Waals surface area contributed by atoms with Gasteiger partial charge in [0.1, 0.15) is 5.69 Å². The maximum atomic E-state index is 11.0. The fourth-order valence-electron chi connectivity index (χ4n) is 2.38. The lowest BCUT2D eigenvalue weighted by Crippen LogP contribution is -2.35. The Kier molecular flexibility index (Phi) is 9.85. The number of guanidine groups is 1. The van der Waals surface area contributed by atoms with Crippen molar-refractivity contribution >= 4 is 41.3 Å². The number of nitro benzene ring substituents is 1. The normalized spacial score (nSPS) is 10.6. The third kappa shape index (κ3) is 6.76. The molecule has 0 fully saturated rings. The Labute approximate surface area is 180 Å². The van der Waals surface area contributed by atoms with Crippen LogP contribution in [0.5, 0.6) is 11.5 Å². The molecule has 2 rings (SSSR count). The van der Waals surface area contributed by atoms with Gasteiger partial charge in [-0.3, -0.25) is 10.1 Å². The van der Waals surface area contributed by atoms with E-state index in [9.17, 15) is 10.1 Å². The molecule has 0 aromatic heterocycles. The highest BCUT2D eigenvalue weighted by molar-refractivity contribution is 14.0. The van der Waals surface area contributed by atoms with E-state index in [4.69, 9.17) is 15.2 Å². The zero-order valence-electron chi connectivity index (χ0n) is 15.7. The van der Waals surface area contributed by atoms with Crippen LogP contribution < -0.4 is 25.8 Å². The van der Waals surface area contributed by atoms with E-state index >= 15 is 0 Å². The van der Waals surface area contributed by atoms with E-state index in [2.05, 4.69) is 15.6 Å². The van der Waals surface area contributed by atoms with Crippen molar-refractivity contribution in [1.82, 2.24) is 5.32 Å². The third-order valence-corrected chi connectivity index (χ3v) is 3.73. The molecule has 0 spiro atoms. The minimum atomic E-state index is -0.422. The molecule has 0 aliphatic rings. The number of rotatable bonds is 9. The number of aliphatic imine (C=N–C) groups is 1. The van der Waals surface area contributed by atoms with Gasteiger partial charge in [-0.05, 0) is 23.8 Å². The van der Waals surface area contributed by atoms with Crippen molar-refractivity contribution in [3.8, 4) is 11.5 Å². The summed E-state index contributed by atoms with van der Waals surface area (Å²) in [4.78, 5) is 14.8. The molecule has 0 heterocycles. The van der Waals surface area contributed by atoms with Crippen LogP contribution in [0, 0.1) is 10.1 Å². The smallest absolute Gasteiger partial charge is 0.292 e. The molecule has 0 amide bonds. The molecule has 9 nitrogen and oxygen atoms in total. The predicted octanol–water partition coefficient (Wildman–Crippen LogP) is 2.75. The quantitative estimate of drug-likeness (QED) is 0.121. The maximum absolute atomic E-state index is 11.0. The van der Waals surface area contributed by atoms with E-state index < -0.39 is 4.92 Å². The van der Waals surface area contributed by atoms with Gasteiger partial charge < -0.3 is 25.8 Å². The van der Waals surface area contributed by atoms with E-state index in [-0.39, 0.29) is 35.6 Å². The van der Waals surface area contributed by atoms with Crippen LogP contribution in [0.3, 0.4) is 0 Å². The number of nitrogens with one attached hydrogen (secondary N) is 2. The Bertz CT molecular complexity index is 816. The van der Waals surface area contributed by atoms with Crippen molar-refractivity contribution in [1.29, 1.82) is 0 Å². The van der Waals surface area contributed by atoms with Gasteiger partial charge in [0.15, 0.2) is 17.5 Å². The van der Waals surface area contributed by atoms with Crippen molar-refractivity contribution in [3.63, 3.8) is 0 Å². The van der Waals surface area contributed by atoms with E-state index in [1.807, 2.05) is 18.2 Å². The number of ether oxygens (including phenoxy) is 2. The average molecular weight is 501 g/mol. The SMILES string of the molecule is COc1ccc(CN=C(N)NCCNc2ccccc2[N+](=O)[O-])cc1OC.I. The molecule has 2 aromatic carbocycles. The van der Waals surface area contributed by atoms with E-state index in [0.717, 1.165) is 5.56 Å². The van der Waals surface area contributed by atoms with Crippen LogP contribution in [-0.2, 0) is 6.54 Å². The van der Waals surface area contributed by atoms with Gasteiger partial charge in [-0.15, -0.1) is 24.0 Å². The van der Waals surface area contributed by atoms with E-state index in [0.29, 0.717) is 36.8 Å². The van der Waals surface area contributed by atoms with Crippen LogP contribution in [-0.4, -0.2) is 38.2 Å². The molecule has 0 aliphatic carbocycles. The van der Waals surface area contributed by atoms with Gasteiger partial charge in [0.05, 0.1) is 25.7 Å². The van der Waals surface area contributed by atoms with Gasteiger partial charge in [-0.1, -0.05) is 18.2 Å². The van der Waals surface area contributed by atoms with Crippen molar-refractivity contribution in [2.75, 3.05) is 32.6 Å². The Morgan fingerprint density at radius 3 is 2.54 bits per heavy atom. The second-order valence-corrected chi connectivity index (χ2v) is 5.52. The molecule has 28 heavy (non-hydrogen) atoms. The van der Waals surface area contributed by atoms with Crippen LogP contribution in [0.1, 0.15) is 5.56 Å². The fourth-order valence-corrected chi connectivity index (χ4v) is 2.38. The number of nitro groups is 1. The molecule has 4 N–H and O–H groups in total. The molecule has 0 aliphatic heterocycles. The Balaban J connectivity index is 0.00000392. The topological polar surface area (TPSA) is 124 Å². The number of nitrogens with two attached hydrogens (primary N) is 1. The maximum Gasteiger partial charge on any atom is 0.292 e. The van der Waals surface area contributed by atoms with E-state index in [1.54, 1.807) is 32.4 Å². The van der Waals surface area contributed by atoms with Crippen molar-refractivity contribution in [2.45, 2.75) is 6.54 Å². The number of hydrogen-bond acceptors (Lipinski definition) is 6. The lowest BCUT2D eigenvalue weighted by molar-refractivity contribution is -0.384. The number of methoxy groups -OCH3 is 2. The Morgan fingerprint density at radius 1 is 1.14 bits per heavy atom. The van der Waals surface area contributed by atoms with Gasteiger partial charge in [0.2, 0.25) is 0 Å². The largest absolute Gasteiger partial charge is 0.493 e. The monoisotopic (exact) mass is 501 g/mol. The van der Waals surface area contributed by atoms with Gasteiger partial charge >= 0.3 is 0 Å². The Hall–Kier alpha value is -2.76. The molecule has 0 unspecified atom stereocenters. The van der Waals surface area contributed by atoms with Crippen molar-refractivity contribution in [3.05, 3.63) is 58.1 Å². The Morgan fingerprint density at radius 2 is 1.86 bits per heavy atom. The third-order valence-electron chi connectivity index (χ3n) is 3.73. The number of hydrogen-bond donors (Lipinski definition) is 3. The molecule has 0 saturated carbocycles. The van der Waals surface area contributed by atoms with Gasteiger partial charge in [0.25, 0.3) is 5.69 Å². The molecule has 0 saturated heterocycles. The number of nitrogens with zero attached hydrogens (tertiary/aromatic N) is 2. The highest BCUT2D eigenvalue weighted by Gasteiger charge is 2.11. The first kappa shape index (κ1) is 23.3. The lowest BCUT2D eigenvalue weighted by Gasteiger charge is -2.10. The van der Waals surface area contributed by atoms with Gasteiger partial charge in [-0.25, -0.2) is 4.99 Å². The summed E-state index contributed by atoms with van der Waals surface area (Å²) in [6.45, 7) is 1.31. The number of anilines is 1. The summed E-state index contributed by atoms with van der Waals surface area (Å²) in [5.74, 6) is 1.57. The van der Waals surface area contributed by atoms with Crippen molar-refractivity contribution < 1.29 is 14.4 Å². The molecule has 152 valence electrons. The molecular weight excluding hydrogens is 477 g/mol. The van der Waals surface area contributed by atoms with Crippen LogP contribution in [0.25, 0.3) is 0 Å². The molecule has 10 heteroatoms. The molecule has 2 aromatic rings. The number of benzene rings is 2. The minimum absolute atomic E-state index is 0. The second-order valence-electron chi connectivity index (χ2n) is 5.52. The van der Waals surface area contributed by atoms with Crippen LogP contribution in [0.4, 0.5) is 11.4 Å². The van der Waals surface area contributed by atoms with Gasteiger partial charge in [-0.2, -0.15) is 0 Å². The summed E-state index contributed by atoms with van der Waals surface area (Å²) in [5, 5.41) is 16.9. The first-order valence-electron chi connectivity index (χ1n) is 8.27. The summed E-state index contributed by atoms with van der Waals surface area (Å²) in [5.41, 5.74) is 7.28. The first-order chi connectivity index (χ1) is 13.0. The molecular formula is C18H24IN5O4. The highest BCUT2D eigenvalue weighted by Crippen LogP contribution is 2.27. The molecule has 0 radical (unpaired) electrons. The average Bonchev–Trinajstić information content (AvgIpc) is 2.69. The van der Waals surface area contributed by atoms with Gasteiger partial charge in [0, 0.05) is 19.2 Å². The zero-order chi connectivity index (χ0) is 19.6. The van der Waals surface area contributed by atoms with Crippen LogP contribution in [0.2, 0.25) is 0 Å². The lowest BCUT2D eigenvalue weighted by atomic mass is 10.2. The summed E-state index contributed by atoms with van der Waals surface area (Å²) < 4.78 is 10.5. The van der Waals surface area contributed by atoms with Crippen LogP contribution >= 0.6 is 24.0 Å². The molecule has 0 atom stereocenters. The minimum Gasteiger partial charge on any atom is -0.493 e. The number of halogens is 1. The highest BCUT2D eigenvalue weighted by atomic mass is 127. The second kappa shape index (κ2) is 11.8.